The molecule has 14 heteroatoms. The summed E-state index contributed by atoms with van der Waals surface area (Å²) in [5, 5.41) is 7.03. The van der Waals surface area contributed by atoms with Crippen LogP contribution in [0.2, 0.25) is 0 Å². The number of benzene rings is 2. The maximum atomic E-state index is 13.2. The van der Waals surface area contributed by atoms with Gasteiger partial charge in [-0.3, -0.25) is 0 Å². The number of hydrogen-bond acceptors (Lipinski definition) is 4. The van der Waals surface area contributed by atoms with Crippen molar-refractivity contribution in [1.29, 1.82) is 0 Å². The predicted octanol–water partition coefficient (Wildman–Crippen LogP) is 6.89. The molecule has 3 aromatic rings. The molecule has 0 saturated carbocycles. The molecule has 0 fully saturated rings. The molecule has 0 saturated heterocycles. The predicted molar refractivity (Wildman–Crippen MR) is 99.5 cm³/mol. The second-order valence-electron chi connectivity index (χ2n) is 6.86. The van der Waals surface area contributed by atoms with E-state index in [0.717, 1.165) is 24.3 Å². The third-order valence-electron chi connectivity index (χ3n) is 4.37. The minimum absolute atomic E-state index is 0.156. The molecule has 34 heavy (non-hydrogen) atoms. The zero-order valence-corrected chi connectivity index (χ0v) is 16.6. The van der Waals surface area contributed by atoms with Gasteiger partial charge in [0.25, 0.3) is 0 Å². The first-order chi connectivity index (χ1) is 15.7. The second kappa shape index (κ2) is 8.88. The summed E-state index contributed by atoms with van der Waals surface area (Å²) in [7, 11) is 0. The van der Waals surface area contributed by atoms with Gasteiger partial charge in [0.2, 0.25) is 11.8 Å². The van der Waals surface area contributed by atoms with Crippen LogP contribution in [-0.4, -0.2) is 22.9 Å². The molecule has 0 spiro atoms. The average Bonchev–Trinajstić information content (AvgIpc) is 3.19. The largest absolute Gasteiger partial charge is 0.419 e. The summed E-state index contributed by atoms with van der Waals surface area (Å²) >= 11 is 0. The lowest BCUT2D eigenvalue weighted by atomic mass is 10.1. The molecule has 1 aromatic heterocycles. The highest BCUT2D eigenvalue weighted by molar-refractivity contribution is 5.62. The molecule has 1 heterocycles. The number of alkyl halides is 9. The number of rotatable bonds is 5. The number of nitrogens with zero attached hydrogens (tertiary/aromatic N) is 4. The van der Waals surface area contributed by atoms with Gasteiger partial charge in [-0.05, 0) is 30.3 Å². The first kappa shape index (κ1) is 24.9. The van der Waals surface area contributed by atoms with Crippen LogP contribution < -0.4 is 4.90 Å². The molecule has 5 nitrogen and oxygen atoms in total. The normalized spacial score (nSPS) is 12.5. The number of hydrogen-bond donors (Lipinski definition) is 0. The highest BCUT2D eigenvalue weighted by Crippen LogP contribution is 2.39. The van der Waals surface area contributed by atoms with Crippen LogP contribution in [-0.2, 0) is 18.9 Å². The lowest BCUT2D eigenvalue weighted by molar-refractivity contribution is -0.138. The summed E-state index contributed by atoms with van der Waals surface area (Å²) in [5.74, 6) is -0.910. The lowest BCUT2D eigenvalue weighted by Crippen LogP contribution is -2.34. The maximum absolute atomic E-state index is 13.2. The van der Waals surface area contributed by atoms with Crippen LogP contribution in [0.4, 0.5) is 50.9 Å². The standard InChI is InChI=1S/C20H11F9N4O/c1-30-15-6-5-13(8-14(15)20(27,28)29)33(10-18(21,22)23)9-16-31-32-17(34-16)11-3-2-4-12(7-11)19(24,25)26/h2-8H,9-10H2. The van der Waals surface area contributed by atoms with Crippen molar-refractivity contribution in [2.75, 3.05) is 11.4 Å². The van der Waals surface area contributed by atoms with Crippen LogP contribution in [0, 0.1) is 6.57 Å². The van der Waals surface area contributed by atoms with E-state index in [1.54, 1.807) is 0 Å². The van der Waals surface area contributed by atoms with E-state index in [2.05, 4.69) is 15.0 Å². The summed E-state index contributed by atoms with van der Waals surface area (Å²) in [6.07, 6.45) is -14.5. The Hall–Kier alpha value is -3.76. The molecule has 0 N–H and O–H groups in total. The first-order valence-electron chi connectivity index (χ1n) is 9.08. The van der Waals surface area contributed by atoms with Gasteiger partial charge < -0.3 is 9.32 Å². The minimum Gasteiger partial charge on any atom is -0.419 e. The van der Waals surface area contributed by atoms with Crippen molar-refractivity contribution in [3.05, 3.63) is 70.9 Å². The van der Waals surface area contributed by atoms with E-state index in [9.17, 15) is 39.5 Å². The van der Waals surface area contributed by atoms with Crippen LogP contribution in [0.5, 0.6) is 0 Å². The van der Waals surface area contributed by atoms with Crippen molar-refractivity contribution in [3.8, 4) is 11.5 Å². The summed E-state index contributed by atoms with van der Waals surface area (Å²) in [6, 6.07) is 5.78. The molecule has 0 atom stereocenters. The molecule has 0 unspecified atom stereocenters. The van der Waals surface area contributed by atoms with Gasteiger partial charge in [-0.25, -0.2) is 4.85 Å². The SMILES string of the molecule is [C-]#[N+]c1ccc(N(Cc2nnc(-c3cccc(C(F)(F)F)c3)o2)CC(F)(F)F)cc1C(F)(F)F. The van der Waals surface area contributed by atoms with Crippen LogP contribution in [0.1, 0.15) is 17.0 Å². The van der Waals surface area contributed by atoms with Gasteiger partial charge in [0, 0.05) is 11.3 Å². The maximum Gasteiger partial charge on any atom is 0.416 e. The first-order valence-corrected chi connectivity index (χ1v) is 9.08. The highest BCUT2D eigenvalue weighted by Gasteiger charge is 2.36. The summed E-state index contributed by atoms with van der Waals surface area (Å²) < 4.78 is 123. The van der Waals surface area contributed by atoms with Crippen LogP contribution in [0.15, 0.2) is 46.9 Å². The second-order valence-corrected chi connectivity index (χ2v) is 6.86. The van der Waals surface area contributed by atoms with E-state index in [-0.39, 0.29) is 5.56 Å². The van der Waals surface area contributed by atoms with Crippen LogP contribution in [0.3, 0.4) is 0 Å². The van der Waals surface area contributed by atoms with Gasteiger partial charge in [0.05, 0.1) is 24.2 Å². The van der Waals surface area contributed by atoms with Crippen molar-refractivity contribution < 1.29 is 43.9 Å². The zero-order valence-electron chi connectivity index (χ0n) is 16.6. The fraction of sp³-hybridized carbons (Fsp3) is 0.250. The fourth-order valence-electron chi connectivity index (χ4n) is 2.93. The van der Waals surface area contributed by atoms with Gasteiger partial charge in [0.1, 0.15) is 6.54 Å². The summed E-state index contributed by atoms with van der Waals surface area (Å²) in [6.45, 7) is 4.32. The molecule has 0 aliphatic rings. The zero-order chi connectivity index (χ0) is 25.3. The number of aromatic nitrogens is 2. The van der Waals surface area contributed by atoms with Crippen molar-refractivity contribution >= 4 is 11.4 Å². The third-order valence-corrected chi connectivity index (χ3v) is 4.37. The van der Waals surface area contributed by atoms with Gasteiger partial charge in [-0.1, -0.05) is 12.1 Å². The van der Waals surface area contributed by atoms with Gasteiger partial charge in [-0.15, -0.1) is 10.2 Å². The molecular weight excluding hydrogens is 483 g/mol. The molecule has 180 valence electrons. The van der Waals surface area contributed by atoms with Gasteiger partial charge in [0.15, 0.2) is 5.69 Å². The molecule has 0 radical (unpaired) electrons. The highest BCUT2D eigenvalue weighted by atomic mass is 19.4. The third kappa shape index (κ3) is 5.97. The lowest BCUT2D eigenvalue weighted by Gasteiger charge is -2.25. The van der Waals surface area contributed by atoms with Crippen molar-refractivity contribution in [2.24, 2.45) is 0 Å². The van der Waals surface area contributed by atoms with E-state index in [0.29, 0.717) is 17.0 Å². The van der Waals surface area contributed by atoms with Gasteiger partial charge >= 0.3 is 18.5 Å². The molecule has 2 aromatic carbocycles. The van der Waals surface area contributed by atoms with Crippen LogP contribution in [0.25, 0.3) is 16.3 Å². The van der Waals surface area contributed by atoms with Crippen molar-refractivity contribution in [1.82, 2.24) is 10.2 Å². The Bertz CT molecular complexity index is 1210. The molecule has 0 bridgehead atoms. The Kier molecular flexibility index (Phi) is 6.50. The summed E-state index contributed by atoms with van der Waals surface area (Å²) in [5.41, 5.74) is -3.94. The Labute approximate surface area is 185 Å². The average molecular weight is 494 g/mol. The van der Waals surface area contributed by atoms with Gasteiger partial charge in [-0.2, -0.15) is 39.5 Å². The summed E-state index contributed by atoms with van der Waals surface area (Å²) in [4.78, 5) is 3.19. The quantitative estimate of drug-likeness (QED) is 0.286. The molecular formula is C20H11F9N4O. The van der Waals surface area contributed by atoms with E-state index in [1.807, 2.05) is 0 Å². The molecule has 0 aliphatic heterocycles. The molecule has 3 rings (SSSR count). The van der Waals surface area contributed by atoms with Crippen LogP contribution >= 0.6 is 0 Å². The van der Waals surface area contributed by atoms with E-state index in [1.165, 1.54) is 6.07 Å². The Balaban J connectivity index is 1.95. The van der Waals surface area contributed by atoms with E-state index < -0.39 is 65.9 Å². The number of anilines is 1. The number of halogens is 9. The fourth-order valence-corrected chi connectivity index (χ4v) is 2.93. The molecule has 0 aliphatic carbocycles. The monoisotopic (exact) mass is 494 g/mol. The van der Waals surface area contributed by atoms with E-state index >= 15 is 0 Å². The molecule has 0 amide bonds. The Morgan fingerprint density at radius 2 is 1.59 bits per heavy atom. The van der Waals surface area contributed by atoms with E-state index in [4.69, 9.17) is 11.0 Å². The minimum atomic E-state index is -5.00. The smallest absolute Gasteiger partial charge is 0.416 e. The van der Waals surface area contributed by atoms with Crippen molar-refractivity contribution in [2.45, 2.75) is 25.1 Å². The Morgan fingerprint density at radius 3 is 2.18 bits per heavy atom. The topological polar surface area (TPSA) is 46.5 Å². The van der Waals surface area contributed by atoms with Crippen molar-refractivity contribution in [3.63, 3.8) is 0 Å². The Morgan fingerprint density at radius 1 is 0.882 bits per heavy atom.